The van der Waals surface area contributed by atoms with Gasteiger partial charge in [0.15, 0.2) is 0 Å². The molecule has 4 heteroatoms. The average Bonchev–Trinajstić information content (AvgIpc) is 2.83. The van der Waals surface area contributed by atoms with Crippen LogP contribution in [-0.2, 0) is 4.79 Å². The van der Waals surface area contributed by atoms with E-state index in [-0.39, 0.29) is 11.8 Å². The van der Waals surface area contributed by atoms with Gasteiger partial charge in [-0.3, -0.25) is 4.79 Å². The first-order chi connectivity index (χ1) is 7.79. The fraction of sp³-hybridized carbons (Fsp3) is 0.417. The van der Waals surface area contributed by atoms with Gasteiger partial charge in [-0.15, -0.1) is 0 Å². The molecule has 0 spiro atoms. The van der Waals surface area contributed by atoms with E-state index in [9.17, 15) is 4.79 Å². The minimum Gasteiger partial charge on any atom is -0.497 e. The van der Waals surface area contributed by atoms with E-state index in [0.717, 1.165) is 30.9 Å². The number of benzene rings is 1. The molecule has 2 N–H and O–H groups in total. The Kier molecular flexibility index (Phi) is 3.41. The monoisotopic (exact) mass is 220 g/mol. The van der Waals surface area contributed by atoms with Crippen molar-refractivity contribution in [1.82, 2.24) is 5.32 Å². The smallest absolute Gasteiger partial charge is 0.228 e. The molecule has 0 bridgehead atoms. The highest BCUT2D eigenvalue weighted by atomic mass is 16.5. The van der Waals surface area contributed by atoms with Crippen LogP contribution in [0.5, 0.6) is 5.75 Å². The molecule has 1 aliphatic heterocycles. The topological polar surface area (TPSA) is 50.4 Å². The highest BCUT2D eigenvalue weighted by molar-refractivity contribution is 5.93. The molecule has 0 radical (unpaired) electrons. The number of anilines is 1. The lowest BCUT2D eigenvalue weighted by Gasteiger charge is -2.10. The molecule has 0 aromatic heterocycles. The molecule has 2 rings (SSSR count). The molecular formula is C12H16N2O2. The zero-order valence-corrected chi connectivity index (χ0v) is 9.32. The lowest BCUT2D eigenvalue weighted by Crippen LogP contribution is -2.24. The van der Waals surface area contributed by atoms with Crippen molar-refractivity contribution in [3.05, 3.63) is 24.3 Å². The van der Waals surface area contributed by atoms with E-state index >= 15 is 0 Å². The van der Waals surface area contributed by atoms with Gasteiger partial charge in [-0.05, 0) is 25.1 Å². The molecule has 1 unspecified atom stereocenters. The maximum absolute atomic E-state index is 11.8. The summed E-state index contributed by atoms with van der Waals surface area (Å²) in [5, 5.41) is 6.08. The Balaban J connectivity index is 1.99. The Morgan fingerprint density at radius 2 is 2.44 bits per heavy atom. The summed E-state index contributed by atoms with van der Waals surface area (Å²) in [4.78, 5) is 11.8. The van der Waals surface area contributed by atoms with Gasteiger partial charge in [-0.25, -0.2) is 0 Å². The predicted octanol–water partition coefficient (Wildman–Crippen LogP) is 1.24. The molecule has 1 fully saturated rings. The summed E-state index contributed by atoms with van der Waals surface area (Å²) in [5.74, 6) is 0.923. The maximum atomic E-state index is 11.8. The van der Waals surface area contributed by atoms with E-state index in [1.54, 1.807) is 7.11 Å². The molecule has 1 aliphatic rings. The molecule has 1 atom stereocenters. The Morgan fingerprint density at radius 3 is 3.12 bits per heavy atom. The highest BCUT2D eigenvalue weighted by Gasteiger charge is 2.22. The first kappa shape index (κ1) is 11.0. The normalized spacial score (nSPS) is 19.4. The molecule has 0 aliphatic carbocycles. The molecule has 86 valence electrons. The van der Waals surface area contributed by atoms with Gasteiger partial charge in [0.05, 0.1) is 13.0 Å². The minimum absolute atomic E-state index is 0.0817. The van der Waals surface area contributed by atoms with Gasteiger partial charge in [-0.2, -0.15) is 0 Å². The summed E-state index contributed by atoms with van der Waals surface area (Å²) in [6.07, 6.45) is 0.913. The number of methoxy groups -OCH3 is 1. The molecule has 1 heterocycles. The average molecular weight is 220 g/mol. The number of carbonyl (C=O) groups is 1. The number of ether oxygens (including phenoxy) is 1. The minimum atomic E-state index is 0.0817. The Bertz CT molecular complexity index is 373. The van der Waals surface area contributed by atoms with E-state index < -0.39 is 0 Å². The summed E-state index contributed by atoms with van der Waals surface area (Å²) in [6, 6.07) is 7.40. The number of rotatable bonds is 3. The van der Waals surface area contributed by atoms with E-state index in [4.69, 9.17) is 4.74 Å². The van der Waals surface area contributed by atoms with Crippen molar-refractivity contribution in [2.75, 3.05) is 25.5 Å². The zero-order chi connectivity index (χ0) is 11.4. The second kappa shape index (κ2) is 4.99. The molecule has 0 saturated carbocycles. The van der Waals surface area contributed by atoms with Gasteiger partial charge >= 0.3 is 0 Å². The lowest BCUT2D eigenvalue weighted by molar-refractivity contribution is -0.119. The van der Waals surface area contributed by atoms with E-state index in [2.05, 4.69) is 10.6 Å². The predicted molar refractivity (Wildman–Crippen MR) is 62.6 cm³/mol. The van der Waals surface area contributed by atoms with Crippen LogP contribution in [0.1, 0.15) is 6.42 Å². The SMILES string of the molecule is COc1cccc(NC(=O)C2CCNC2)c1. The van der Waals surface area contributed by atoms with Crippen LogP contribution in [0, 0.1) is 5.92 Å². The second-order valence-corrected chi connectivity index (χ2v) is 3.91. The first-order valence-electron chi connectivity index (χ1n) is 5.45. The van der Waals surface area contributed by atoms with Crippen LogP contribution in [0.15, 0.2) is 24.3 Å². The van der Waals surface area contributed by atoms with Crippen LogP contribution in [-0.4, -0.2) is 26.1 Å². The van der Waals surface area contributed by atoms with Crippen LogP contribution >= 0.6 is 0 Å². The zero-order valence-electron chi connectivity index (χ0n) is 9.32. The van der Waals surface area contributed by atoms with Gasteiger partial charge in [0.2, 0.25) is 5.91 Å². The summed E-state index contributed by atoms with van der Waals surface area (Å²) < 4.78 is 5.10. The van der Waals surface area contributed by atoms with Crippen LogP contribution in [0.2, 0.25) is 0 Å². The van der Waals surface area contributed by atoms with Crippen molar-refractivity contribution in [2.24, 2.45) is 5.92 Å². The molecule has 4 nitrogen and oxygen atoms in total. The summed E-state index contributed by atoms with van der Waals surface area (Å²) >= 11 is 0. The largest absolute Gasteiger partial charge is 0.497 e. The summed E-state index contributed by atoms with van der Waals surface area (Å²) in [6.45, 7) is 1.70. The number of hydrogen-bond donors (Lipinski definition) is 2. The van der Waals surface area contributed by atoms with Crippen LogP contribution < -0.4 is 15.4 Å². The first-order valence-corrected chi connectivity index (χ1v) is 5.45. The fourth-order valence-corrected chi connectivity index (χ4v) is 1.82. The molecule has 1 saturated heterocycles. The van der Waals surface area contributed by atoms with Crippen LogP contribution in [0.3, 0.4) is 0 Å². The lowest BCUT2D eigenvalue weighted by atomic mass is 10.1. The third-order valence-corrected chi connectivity index (χ3v) is 2.77. The Hall–Kier alpha value is -1.55. The van der Waals surface area contributed by atoms with Crippen molar-refractivity contribution in [1.29, 1.82) is 0 Å². The molecular weight excluding hydrogens is 204 g/mol. The molecule has 1 aromatic rings. The van der Waals surface area contributed by atoms with Crippen molar-refractivity contribution in [3.63, 3.8) is 0 Å². The van der Waals surface area contributed by atoms with Gasteiger partial charge in [0.1, 0.15) is 5.75 Å². The quantitative estimate of drug-likeness (QED) is 0.806. The van der Waals surface area contributed by atoms with Crippen molar-refractivity contribution < 1.29 is 9.53 Å². The van der Waals surface area contributed by atoms with Gasteiger partial charge in [0, 0.05) is 18.3 Å². The number of nitrogens with one attached hydrogen (secondary N) is 2. The maximum Gasteiger partial charge on any atom is 0.228 e. The standard InChI is InChI=1S/C12H16N2O2/c1-16-11-4-2-3-10(7-11)14-12(15)9-5-6-13-8-9/h2-4,7,9,13H,5-6,8H2,1H3,(H,14,15). The van der Waals surface area contributed by atoms with E-state index in [0.29, 0.717) is 0 Å². The number of hydrogen-bond acceptors (Lipinski definition) is 3. The van der Waals surface area contributed by atoms with Crippen LogP contribution in [0.25, 0.3) is 0 Å². The van der Waals surface area contributed by atoms with Gasteiger partial charge < -0.3 is 15.4 Å². The Labute approximate surface area is 95.0 Å². The van der Waals surface area contributed by atoms with Crippen molar-refractivity contribution >= 4 is 11.6 Å². The highest BCUT2D eigenvalue weighted by Crippen LogP contribution is 2.18. The Morgan fingerprint density at radius 1 is 1.56 bits per heavy atom. The van der Waals surface area contributed by atoms with Crippen LogP contribution in [0.4, 0.5) is 5.69 Å². The third-order valence-electron chi connectivity index (χ3n) is 2.77. The molecule has 16 heavy (non-hydrogen) atoms. The summed E-state index contributed by atoms with van der Waals surface area (Å²) in [5.41, 5.74) is 0.788. The molecule has 1 amide bonds. The van der Waals surface area contributed by atoms with E-state index in [1.165, 1.54) is 0 Å². The summed E-state index contributed by atoms with van der Waals surface area (Å²) in [7, 11) is 1.61. The fourth-order valence-electron chi connectivity index (χ4n) is 1.82. The number of amides is 1. The molecule has 1 aromatic carbocycles. The second-order valence-electron chi connectivity index (χ2n) is 3.91. The van der Waals surface area contributed by atoms with Gasteiger partial charge in [0.25, 0.3) is 0 Å². The van der Waals surface area contributed by atoms with Crippen molar-refractivity contribution in [2.45, 2.75) is 6.42 Å². The van der Waals surface area contributed by atoms with E-state index in [1.807, 2.05) is 24.3 Å². The van der Waals surface area contributed by atoms with Gasteiger partial charge in [-0.1, -0.05) is 6.07 Å². The number of carbonyl (C=O) groups excluding carboxylic acids is 1. The third kappa shape index (κ3) is 2.52. The van der Waals surface area contributed by atoms with Crippen molar-refractivity contribution in [3.8, 4) is 5.75 Å².